The van der Waals surface area contributed by atoms with Crippen LogP contribution in [0.1, 0.15) is 35.8 Å². The molecule has 12 rings (SSSR count). The van der Waals surface area contributed by atoms with Crippen LogP contribution in [-0.4, -0.2) is 113 Å². The molecule has 4 amide bonds. The van der Waals surface area contributed by atoms with E-state index >= 15 is 0 Å². The van der Waals surface area contributed by atoms with Gasteiger partial charge >= 0.3 is 0 Å². The number of rotatable bonds is 3. The molecule has 0 saturated carbocycles. The third-order valence-electron chi connectivity index (χ3n) is 11.5. The largest absolute Gasteiger partial charge is 0.392 e. The van der Waals surface area contributed by atoms with Crippen LogP contribution in [0, 0.1) is 0 Å². The molecule has 0 aliphatic carbocycles. The van der Waals surface area contributed by atoms with Gasteiger partial charge in [0.15, 0.2) is 9.74 Å². The van der Waals surface area contributed by atoms with E-state index in [0.29, 0.717) is 12.8 Å². The van der Waals surface area contributed by atoms with E-state index in [4.69, 9.17) is 0 Å². The molecule has 46 heavy (non-hydrogen) atoms. The van der Waals surface area contributed by atoms with Crippen LogP contribution in [0.2, 0.25) is 0 Å². The molecule has 12 nitrogen and oxygen atoms in total. The molecule has 8 unspecified atom stereocenters. The van der Waals surface area contributed by atoms with Crippen molar-refractivity contribution in [1.29, 1.82) is 0 Å². The molecule has 2 spiro atoms. The molecule has 10 aliphatic heterocycles. The number of aliphatic hydroxyl groups is 2. The van der Waals surface area contributed by atoms with E-state index in [9.17, 15) is 29.4 Å². The Kier molecular flexibility index (Phi) is 5.30. The average molecular weight is 697 g/mol. The van der Waals surface area contributed by atoms with Crippen molar-refractivity contribution in [2.45, 2.75) is 56.5 Å². The number of anilines is 3. The molecular weight excluding hydrogens is 669 g/mol. The monoisotopic (exact) mass is 696 g/mol. The second kappa shape index (κ2) is 8.63. The van der Waals surface area contributed by atoms with Gasteiger partial charge in [-0.15, -0.1) is 0 Å². The van der Waals surface area contributed by atoms with Crippen LogP contribution in [0.25, 0.3) is 0 Å². The number of likely N-dealkylation sites (N-methyl/N-ethyl adjacent to an activating group) is 2. The van der Waals surface area contributed by atoms with Gasteiger partial charge in [0.05, 0.1) is 13.2 Å². The summed E-state index contributed by atoms with van der Waals surface area (Å²) in [6, 6.07) is 14.0. The smallest absolute Gasteiger partial charge is 0.265 e. The summed E-state index contributed by atoms with van der Waals surface area (Å²) < 4.78 is 0. The van der Waals surface area contributed by atoms with Crippen LogP contribution in [0.4, 0.5) is 17.1 Å². The first-order valence-electron chi connectivity index (χ1n) is 15.1. The number of aliphatic hydroxyl groups excluding tert-OH is 2. The van der Waals surface area contributed by atoms with Gasteiger partial charge < -0.3 is 30.2 Å². The van der Waals surface area contributed by atoms with Crippen LogP contribution in [-0.2, 0) is 19.2 Å². The maximum atomic E-state index is 14.5. The number of nitrogens with zero attached hydrogens (tertiary/aromatic N) is 5. The minimum atomic E-state index is -1.40. The van der Waals surface area contributed by atoms with E-state index in [1.165, 1.54) is 53.0 Å². The third kappa shape index (κ3) is 2.74. The van der Waals surface area contributed by atoms with Crippen molar-refractivity contribution in [3.8, 4) is 0 Å². The van der Waals surface area contributed by atoms with Crippen molar-refractivity contribution in [3.05, 3.63) is 53.6 Å². The van der Waals surface area contributed by atoms with Gasteiger partial charge in [-0.3, -0.25) is 29.0 Å². The number of hydrogen-bond donors (Lipinski definition) is 3. The number of nitrogens with one attached hydrogen (secondary N) is 1. The zero-order valence-corrected chi connectivity index (χ0v) is 27.8. The molecule has 0 aromatic heterocycles. The van der Waals surface area contributed by atoms with Gasteiger partial charge in [0.2, 0.25) is 9.74 Å². The van der Waals surface area contributed by atoms with Crippen LogP contribution in [0.15, 0.2) is 42.5 Å². The standard InChI is InChI=1S/C30H28N6O6S4/c1-32-23(39)27-11-16-20-17(31-21(16)35(27)25(41)29(32,12-37)45-43-27)7-5-9-19(20)34-18-8-4-3-6-14(18)15-10-28-24(40)33(2)30(13-38,46-44-28)26(42)36(28)22(15)34/h3-9,15-16,21-22,31,37-38H,10-13H2,1-2H3. The van der Waals surface area contributed by atoms with Gasteiger partial charge in [-0.1, -0.05) is 45.9 Å². The van der Waals surface area contributed by atoms with E-state index < -0.39 is 45.0 Å². The lowest BCUT2D eigenvalue weighted by Crippen LogP contribution is -2.77. The molecule has 3 N–H and O–H groups in total. The topological polar surface area (TPSA) is 137 Å². The highest BCUT2D eigenvalue weighted by Gasteiger charge is 2.77. The van der Waals surface area contributed by atoms with E-state index in [0.717, 1.165) is 28.2 Å². The number of carbonyl (C=O) groups excluding carboxylic acids is 4. The number of carbonyl (C=O) groups is 4. The van der Waals surface area contributed by atoms with Crippen LogP contribution >= 0.6 is 43.2 Å². The number of benzene rings is 2. The van der Waals surface area contributed by atoms with Crippen LogP contribution in [0.5, 0.6) is 0 Å². The van der Waals surface area contributed by atoms with E-state index in [1.54, 1.807) is 23.9 Å². The fraction of sp³-hybridized carbons (Fsp3) is 0.467. The molecule has 2 aromatic rings. The summed E-state index contributed by atoms with van der Waals surface area (Å²) in [4.78, 5) is 60.0. The van der Waals surface area contributed by atoms with Crippen molar-refractivity contribution >= 4 is 83.9 Å². The van der Waals surface area contributed by atoms with E-state index in [-0.39, 0.29) is 35.5 Å². The lowest BCUT2D eigenvalue weighted by atomic mass is 9.93. The summed E-state index contributed by atoms with van der Waals surface area (Å²) in [6.07, 6.45) is -0.163. The zero-order chi connectivity index (χ0) is 31.7. The number of piperazine rings is 2. The number of para-hydroxylation sites is 1. The maximum absolute atomic E-state index is 14.5. The Labute approximate surface area is 279 Å². The zero-order valence-electron chi connectivity index (χ0n) is 24.6. The first kappa shape index (κ1) is 28.3. The molecule has 2 aromatic carbocycles. The summed E-state index contributed by atoms with van der Waals surface area (Å²) in [5.41, 5.74) is 4.66. The molecule has 4 bridgehead atoms. The number of fused-ring (bicyclic) bond motifs is 10. The summed E-state index contributed by atoms with van der Waals surface area (Å²) in [7, 11) is 8.48. The van der Waals surface area contributed by atoms with Gasteiger partial charge in [0.1, 0.15) is 12.3 Å². The summed E-state index contributed by atoms with van der Waals surface area (Å²) >= 11 is 0. The van der Waals surface area contributed by atoms with E-state index in [1.807, 2.05) is 36.4 Å². The van der Waals surface area contributed by atoms with Crippen molar-refractivity contribution in [2.24, 2.45) is 0 Å². The highest BCUT2D eigenvalue weighted by atomic mass is 33.1. The first-order chi connectivity index (χ1) is 22.1. The number of amides is 4. The van der Waals surface area contributed by atoms with Crippen molar-refractivity contribution in [1.82, 2.24) is 19.6 Å². The lowest BCUT2D eigenvalue weighted by molar-refractivity contribution is -0.166. The molecule has 0 radical (unpaired) electrons. The molecular formula is C30H28N6O6S4. The molecule has 8 fully saturated rings. The van der Waals surface area contributed by atoms with Gasteiger partial charge in [0, 0.05) is 61.4 Å². The van der Waals surface area contributed by atoms with Crippen LogP contribution < -0.4 is 10.2 Å². The number of hydrogen-bond acceptors (Lipinski definition) is 12. The van der Waals surface area contributed by atoms with Gasteiger partial charge in [-0.05, 0) is 45.4 Å². The van der Waals surface area contributed by atoms with Crippen LogP contribution in [0.3, 0.4) is 0 Å². The Morgan fingerprint density at radius 1 is 0.739 bits per heavy atom. The van der Waals surface area contributed by atoms with Crippen molar-refractivity contribution in [2.75, 3.05) is 37.5 Å². The highest BCUT2D eigenvalue weighted by Crippen LogP contribution is 2.71. The van der Waals surface area contributed by atoms with Gasteiger partial charge in [-0.25, -0.2) is 0 Å². The Morgan fingerprint density at radius 3 is 2.00 bits per heavy atom. The second-order valence-electron chi connectivity index (χ2n) is 13.2. The Hall–Kier alpha value is -2.76. The average Bonchev–Trinajstić information content (AvgIpc) is 3.78. The SMILES string of the molecule is CN1C(=O)C23CC4c5c(cccc5N5c6ccccc6C6CC78SSC(CO)(C(=O)N7C65)N(C)C8=O)NC4N2C(=O)C1(CO)SS3. The summed E-state index contributed by atoms with van der Waals surface area (Å²) in [6.45, 7) is -0.969. The molecule has 16 heteroatoms. The molecule has 238 valence electrons. The Morgan fingerprint density at radius 2 is 1.33 bits per heavy atom. The quantitative estimate of drug-likeness (QED) is 0.406. The summed E-state index contributed by atoms with van der Waals surface area (Å²) in [5.74, 6) is -1.31. The first-order valence-corrected chi connectivity index (χ1v) is 19.4. The van der Waals surface area contributed by atoms with Gasteiger partial charge in [0.25, 0.3) is 23.6 Å². The highest BCUT2D eigenvalue weighted by molar-refractivity contribution is 8.78. The van der Waals surface area contributed by atoms with Crippen molar-refractivity contribution < 1.29 is 29.4 Å². The Balaban J connectivity index is 1.13. The molecule has 8 atom stereocenters. The minimum absolute atomic E-state index is 0.156. The molecule has 10 aliphatic rings. The summed E-state index contributed by atoms with van der Waals surface area (Å²) in [5, 5.41) is 24.5. The fourth-order valence-electron chi connectivity index (χ4n) is 9.22. The van der Waals surface area contributed by atoms with Gasteiger partial charge in [-0.2, -0.15) is 0 Å². The van der Waals surface area contributed by atoms with E-state index in [2.05, 4.69) is 16.3 Å². The minimum Gasteiger partial charge on any atom is -0.392 e. The third-order valence-corrected chi connectivity index (χ3v) is 18.8. The predicted molar refractivity (Wildman–Crippen MR) is 176 cm³/mol. The predicted octanol–water partition coefficient (Wildman–Crippen LogP) is 2.05. The van der Waals surface area contributed by atoms with Crippen molar-refractivity contribution in [3.63, 3.8) is 0 Å². The fourth-order valence-corrected chi connectivity index (χ4v) is 16.5. The molecule has 8 saturated heterocycles. The lowest BCUT2D eigenvalue weighted by Gasteiger charge is -2.58. The Bertz CT molecular complexity index is 1850. The second-order valence-corrected chi connectivity index (χ2v) is 18.5. The molecule has 10 heterocycles. The normalized spacial score (nSPS) is 40.7. The maximum Gasteiger partial charge on any atom is 0.265 e.